The number of amides is 3. The number of anilines is 2. The Morgan fingerprint density at radius 2 is 1.71 bits per heavy atom. The van der Waals surface area contributed by atoms with Gasteiger partial charge in [0.25, 0.3) is 17.5 Å². The molecule has 3 rings (SSSR count). The summed E-state index contributed by atoms with van der Waals surface area (Å²) in [6, 6.07) is 18.8. The minimum atomic E-state index is -0.631. The van der Waals surface area contributed by atoms with Gasteiger partial charge in [0, 0.05) is 28.3 Å². The fourth-order valence-corrected chi connectivity index (χ4v) is 4.10. The number of non-ortho nitro benzene ring substituents is 1. The number of carbonyl (C=O) groups is 3. The van der Waals surface area contributed by atoms with E-state index in [4.69, 9.17) is 5.73 Å². The minimum absolute atomic E-state index is 0.0997. The number of hydrogen-bond donors (Lipinski definition) is 3. The van der Waals surface area contributed by atoms with Gasteiger partial charge in [-0.05, 0) is 48.9 Å². The number of para-hydroxylation sites is 1. The van der Waals surface area contributed by atoms with Gasteiger partial charge in [-0.15, -0.1) is 11.8 Å². The molecule has 0 heterocycles. The monoisotopic (exact) mass is 478 g/mol. The molecule has 0 aliphatic rings. The molecule has 0 saturated heterocycles. The second-order valence-corrected chi connectivity index (χ2v) is 8.48. The number of rotatable bonds is 9. The Bertz CT molecular complexity index is 1230. The first kappa shape index (κ1) is 24.5. The molecule has 0 saturated carbocycles. The molecule has 0 fully saturated rings. The van der Waals surface area contributed by atoms with Crippen LogP contribution in [-0.2, 0) is 4.79 Å². The maximum atomic E-state index is 12.8. The number of benzene rings is 3. The van der Waals surface area contributed by atoms with E-state index in [-0.39, 0.29) is 22.7 Å². The highest BCUT2D eigenvalue weighted by atomic mass is 32.2. The van der Waals surface area contributed by atoms with Gasteiger partial charge in [-0.1, -0.05) is 25.1 Å². The van der Waals surface area contributed by atoms with Crippen LogP contribution in [-0.4, -0.2) is 27.9 Å². The third kappa shape index (κ3) is 6.20. The summed E-state index contributed by atoms with van der Waals surface area (Å²) in [7, 11) is 0. The lowest BCUT2D eigenvalue weighted by Crippen LogP contribution is -2.26. The first-order chi connectivity index (χ1) is 16.3. The van der Waals surface area contributed by atoms with Gasteiger partial charge in [0.15, 0.2) is 0 Å². The van der Waals surface area contributed by atoms with Crippen LogP contribution in [0.2, 0.25) is 0 Å². The molecule has 0 aromatic heterocycles. The summed E-state index contributed by atoms with van der Waals surface area (Å²) in [5, 5.41) is 15.8. The smallest absolute Gasteiger partial charge is 0.269 e. The van der Waals surface area contributed by atoms with Crippen molar-refractivity contribution in [3.8, 4) is 0 Å². The van der Waals surface area contributed by atoms with Crippen LogP contribution in [0.5, 0.6) is 0 Å². The average molecular weight is 479 g/mol. The average Bonchev–Trinajstić information content (AvgIpc) is 2.83. The first-order valence-corrected chi connectivity index (χ1v) is 11.2. The number of nitrogens with one attached hydrogen (secondary N) is 2. The molecule has 34 heavy (non-hydrogen) atoms. The van der Waals surface area contributed by atoms with E-state index in [1.165, 1.54) is 36.0 Å². The third-order valence-corrected chi connectivity index (χ3v) is 6.18. The van der Waals surface area contributed by atoms with E-state index in [1.807, 2.05) is 13.0 Å². The summed E-state index contributed by atoms with van der Waals surface area (Å²) in [5.74, 6) is -1.32. The number of nitro benzene ring substituents is 1. The summed E-state index contributed by atoms with van der Waals surface area (Å²) < 4.78 is 0. The predicted molar refractivity (Wildman–Crippen MR) is 131 cm³/mol. The van der Waals surface area contributed by atoms with Crippen LogP contribution < -0.4 is 16.4 Å². The summed E-state index contributed by atoms with van der Waals surface area (Å²) in [5.41, 5.74) is 6.66. The number of nitrogens with zero attached hydrogens (tertiary/aromatic N) is 1. The zero-order valence-corrected chi connectivity index (χ0v) is 19.0. The van der Waals surface area contributed by atoms with Crippen LogP contribution in [0.3, 0.4) is 0 Å². The van der Waals surface area contributed by atoms with Crippen molar-refractivity contribution < 1.29 is 19.3 Å². The van der Waals surface area contributed by atoms with E-state index < -0.39 is 22.0 Å². The molecule has 0 aliphatic heterocycles. The second-order valence-electron chi connectivity index (χ2n) is 7.20. The summed E-state index contributed by atoms with van der Waals surface area (Å²) in [6.07, 6.45) is 0.522. The molecule has 4 N–H and O–H groups in total. The normalized spacial score (nSPS) is 11.3. The maximum absolute atomic E-state index is 12.8. The molecule has 0 aliphatic carbocycles. The summed E-state index contributed by atoms with van der Waals surface area (Å²) >= 11 is 1.32. The molecule has 174 valence electrons. The number of carbonyl (C=O) groups excluding carboxylic acids is 3. The van der Waals surface area contributed by atoms with Crippen molar-refractivity contribution in [2.45, 2.75) is 23.5 Å². The Morgan fingerprint density at radius 3 is 2.35 bits per heavy atom. The number of primary amides is 1. The van der Waals surface area contributed by atoms with Crippen LogP contribution in [0.1, 0.15) is 34.1 Å². The van der Waals surface area contributed by atoms with Crippen LogP contribution in [0.4, 0.5) is 17.1 Å². The van der Waals surface area contributed by atoms with E-state index in [1.54, 1.807) is 42.5 Å². The molecular formula is C24H22N4O5S. The quantitative estimate of drug-likeness (QED) is 0.235. The van der Waals surface area contributed by atoms with Gasteiger partial charge < -0.3 is 16.4 Å². The highest BCUT2D eigenvalue weighted by Gasteiger charge is 2.20. The van der Waals surface area contributed by atoms with Crippen molar-refractivity contribution in [2.24, 2.45) is 5.73 Å². The maximum Gasteiger partial charge on any atom is 0.269 e. The van der Waals surface area contributed by atoms with Crippen LogP contribution in [0.15, 0.2) is 77.7 Å². The van der Waals surface area contributed by atoms with Gasteiger partial charge in [0.05, 0.1) is 21.4 Å². The molecule has 0 spiro atoms. The van der Waals surface area contributed by atoms with Gasteiger partial charge >= 0.3 is 0 Å². The fraction of sp³-hybridized carbons (Fsp3) is 0.125. The lowest BCUT2D eigenvalue weighted by molar-refractivity contribution is -0.384. The lowest BCUT2D eigenvalue weighted by Gasteiger charge is -2.16. The van der Waals surface area contributed by atoms with Crippen LogP contribution in [0, 0.1) is 10.1 Å². The number of nitro groups is 1. The van der Waals surface area contributed by atoms with Crippen molar-refractivity contribution >= 4 is 46.5 Å². The molecule has 3 amide bonds. The number of hydrogen-bond acceptors (Lipinski definition) is 6. The van der Waals surface area contributed by atoms with Crippen molar-refractivity contribution in [1.82, 2.24) is 0 Å². The highest BCUT2D eigenvalue weighted by Crippen LogP contribution is 2.29. The Labute approximate surface area is 199 Å². The molecule has 0 bridgehead atoms. The van der Waals surface area contributed by atoms with Gasteiger partial charge in [0.2, 0.25) is 5.91 Å². The Balaban J connectivity index is 1.68. The number of thioether (sulfide) groups is 1. The van der Waals surface area contributed by atoms with Crippen molar-refractivity contribution in [2.75, 3.05) is 10.6 Å². The molecule has 9 nitrogen and oxygen atoms in total. The van der Waals surface area contributed by atoms with Crippen molar-refractivity contribution in [3.63, 3.8) is 0 Å². The molecule has 1 unspecified atom stereocenters. The summed E-state index contributed by atoms with van der Waals surface area (Å²) in [4.78, 5) is 47.9. The zero-order valence-electron chi connectivity index (χ0n) is 18.2. The van der Waals surface area contributed by atoms with Gasteiger partial charge in [-0.3, -0.25) is 24.5 Å². The molecule has 0 radical (unpaired) electrons. The SMILES string of the molecule is CCC(Sc1cccc(NC(=O)c2ccc([N+](=O)[O-])cc2)c1)C(=O)Nc1ccccc1C(N)=O. The predicted octanol–water partition coefficient (Wildman–Crippen LogP) is 4.46. The van der Waals surface area contributed by atoms with Gasteiger partial charge in [-0.2, -0.15) is 0 Å². The Hall–Kier alpha value is -4.18. The van der Waals surface area contributed by atoms with Crippen molar-refractivity contribution in [1.29, 1.82) is 0 Å². The minimum Gasteiger partial charge on any atom is -0.366 e. The largest absolute Gasteiger partial charge is 0.366 e. The standard InChI is InChI=1S/C24H22N4O5S/c1-2-21(24(31)27-20-9-4-3-8-19(20)22(25)29)34-18-7-5-6-16(14-18)26-23(30)15-10-12-17(13-11-15)28(32)33/h3-14,21H,2H2,1H3,(H2,25,29)(H,26,30)(H,27,31). The molecular weight excluding hydrogens is 456 g/mol. The van der Waals surface area contributed by atoms with Crippen LogP contribution >= 0.6 is 11.8 Å². The van der Waals surface area contributed by atoms with E-state index in [9.17, 15) is 24.5 Å². The Kier molecular flexibility index (Phi) is 7.99. The molecule has 10 heteroatoms. The fourth-order valence-electron chi connectivity index (χ4n) is 3.09. The molecule has 1 atom stereocenters. The summed E-state index contributed by atoms with van der Waals surface area (Å²) in [6.45, 7) is 1.87. The highest BCUT2D eigenvalue weighted by molar-refractivity contribution is 8.00. The third-order valence-electron chi connectivity index (χ3n) is 4.82. The Morgan fingerprint density at radius 1 is 1.00 bits per heavy atom. The van der Waals surface area contributed by atoms with Crippen molar-refractivity contribution in [3.05, 3.63) is 94.0 Å². The van der Waals surface area contributed by atoms with Gasteiger partial charge in [-0.25, -0.2) is 0 Å². The van der Waals surface area contributed by atoms with E-state index in [0.29, 0.717) is 17.8 Å². The second kappa shape index (κ2) is 11.1. The lowest BCUT2D eigenvalue weighted by atomic mass is 10.1. The first-order valence-electron chi connectivity index (χ1n) is 10.3. The van der Waals surface area contributed by atoms with E-state index in [0.717, 1.165) is 4.90 Å². The zero-order chi connectivity index (χ0) is 24.7. The van der Waals surface area contributed by atoms with E-state index >= 15 is 0 Å². The van der Waals surface area contributed by atoms with Gasteiger partial charge in [0.1, 0.15) is 0 Å². The van der Waals surface area contributed by atoms with Crippen LogP contribution in [0.25, 0.3) is 0 Å². The number of nitrogens with two attached hydrogens (primary N) is 1. The topological polar surface area (TPSA) is 144 Å². The molecule has 3 aromatic carbocycles. The van der Waals surface area contributed by atoms with E-state index in [2.05, 4.69) is 10.6 Å². The molecule has 3 aromatic rings.